The van der Waals surface area contributed by atoms with E-state index in [-0.39, 0.29) is 0 Å². The standard InChI is InChI=1S/C13H19ClO3/c1-8-6-13(17-3)10(7-11(8)14)4-5-12(16)9(2)15/h6-7,9,12,15-16H,4-5H2,1-3H3. The van der Waals surface area contributed by atoms with Crippen molar-refractivity contribution < 1.29 is 14.9 Å². The summed E-state index contributed by atoms with van der Waals surface area (Å²) in [6, 6.07) is 3.73. The Morgan fingerprint density at radius 3 is 2.53 bits per heavy atom. The molecule has 0 saturated heterocycles. The predicted molar refractivity (Wildman–Crippen MR) is 68.7 cm³/mol. The van der Waals surface area contributed by atoms with Crippen molar-refractivity contribution in [1.82, 2.24) is 0 Å². The van der Waals surface area contributed by atoms with Crippen molar-refractivity contribution in [3.63, 3.8) is 0 Å². The Hall–Kier alpha value is -0.770. The highest BCUT2D eigenvalue weighted by Gasteiger charge is 2.13. The number of aryl methyl sites for hydroxylation is 2. The van der Waals surface area contributed by atoms with Gasteiger partial charge in [-0.25, -0.2) is 0 Å². The van der Waals surface area contributed by atoms with Crippen LogP contribution in [0.25, 0.3) is 0 Å². The molecule has 17 heavy (non-hydrogen) atoms. The third-order valence-electron chi connectivity index (χ3n) is 2.83. The summed E-state index contributed by atoms with van der Waals surface area (Å²) in [4.78, 5) is 0. The Bertz CT molecular complexity index is 377. The fraction of sp³-hybridized carbons (Fsp3) is 0.538. The molecule has 0 aromatic heterocycles. The van der Waals surface area contributed by atoms with Gasteiger partial charge in [0.25, 0.3) is 0 Å². The van der Waals surface area contributed by atoms with Crippen LogP contribution >= 0.6 is 11.6 Å². The van der Waals surface area contributed by atoms with Crippen molar-refractivity contribution in [3.8, 4) is 5.75 Å². The molecule has 0 fully saturated rings. The zero-order valence-electron chi connectivity index (χ0n) is 10.4. The molecule has 0 radical (unpaired) electrons. The van der Waals surface area contributed by atoms with Gasteiger partial charge >= 0.3 is 0 Å². The van der Waals surface area contributed by atoms with Crippen LogP contribution in [0, 0.1) is 6.92 Å². The van der Waals surface area contributed by atoms with Gasteiger partial charge in [-0.1, -0.05) is 11.6 Å². The van der Waals surface area contributed by atoms with Gasteiger partial charge in [0.2, 0.25) is 0 Å². The molecule has 1 rings (SSSR count). The molecule has 0 saturated carbocycles. The van der Waals surface area contributed by atoms with E-state index < -0.39 is 12.2 Å². The third kappa shape index (κ3) is 3.87. The topological polar surface area (TPSA) is 49.7 Å². The van der Waals surface area contributed by atoms with Crippen LogP contribution in [-0.2, 0) is 6.42 Å². The first-order chi connectivity index (χ1) is 7.95. The summed E-state index contributed by atoms with van der Waals surface area (Å²) in [5, 5.41) is 19.5. The van der Waals surface area contributed by atoms with Crippen LogP contribution in [-0.4, -0.2) is 29.5 Å². The van der Waals surface area contributed by atoms with E-state index in [1.54, 1.807) is 14.0 Å². The Morgan fingerprint density at radius 2 is 2.00 bits per heavy atom. The maximum absolute atomic E-state index is 9.55. The van der Waals surface area contributed by atoms with E-state index >= 15 is 0 Å². The molecular weight excluding hydrogens is 240 g/mol. The molecule has 0 bridgehead atoms. The van der Waals surface area contributed by atoms with Crippen molar-refractivity contribution in [2.24, 2.45) is 0 Å². The van der Waals surface area contributed by atoms with Crippen molar-refractivity contribution in [3.05, 3.63) is 28.3 Å². The molecule has 0 spiro atoms. The van der Waals surface area contributed by atoms with Crippen LogP contribution in [0.15, 0.2) is 12.1 Å². The van der Waals surface area contributed by atoms with Crippen LogP contribution in [0.1, 0.15) is 24.5 Å². The molecule has 1 aromatic carbocycles. The van der Waals surface area contributed by atoms with Gasteiger partial charge in [-0.15, -0.1) is 0 Å². The number of ether oxygens (including phenoxy) is 1. The van der Waals surface area contributed by atoms with E-state index in [1.165, 1.54) is 0 Å². The van der Waals surface area contributed by atoms with Crippen molar-refractivity contribution in [2.75, 3.05) is 7.11 Å². The van der Waals surface area contributed by atoms with Gasteiger partial charge in [-0.05, 0) is 49.9 Å². The summed E-state index contributed by atoms with van der Waals surface area (Å²) in [6.07, 6.45) is -0.343. The van der Waals surface area contributed by atoms with Crippen molar-refractivity contribution >= 4 is 11.6 Å². The average Bonchev–Trinajstić information content (AvgIpc) is 2.29. The first-order valence-electron chi connectivity index (χ1n) is 5.64. The quantitative estimate of drug-likeness (QED) is 0.852. The number of hydrogen-bond acceptors (Lipinski definition) is 3. The summed E-state index contributed by atoms with van der Waals surface area (Å²) in [5.41, 5.74) is 1.91. The van der Waals surface area contributed by atoms with E-state index in [2.05, 4.69) is 0 Å². The number of aliphatic hydroxyl groups is 2. The van der Waals surface area contributed by atoms with E-state index in [4.69, 9.17) is 16.3 Å². The molecular formula is C13H19ClO3. The number of benzene rings is 1. The average molecular weight is 259 g/mol. The molecule has 2 atom stereocenters. The molecule has 2 unspecified atom stereocenters. The Labute approximate surface area is 107 Å². The van der Waals surface area contributed by atoms with Crippen LogP contribution in [0.2, 0.25) is 5.02 Å². The van der Waals surface area contributed by atoms with Crippen LogP contribution in [0.5, 0.6) is 5.75 Å². The molecule has 0 heterocycles. The molecule has 1 aromatic rings. The molecule has 3 nitrogen and oxygen atoms in total. The normalized spacial score (nSPS) is 14.5. The lowest BCUT2D eigenvalue weighted by atomic mass is 10.0. The number of rotatable bonds is 5. The smallest absolute Gasteiger partial charge is 0.122 e. The van der Waals surface area contributed by atoms with Gasteiger partial charge in [-0.2, -0.15) is 0 Å². The van der Waals surface area contributed by atoms with E-state index in [0.29, 0.717) is 17.9 Å². The predicted octanol–water partition coefficient (Wildman–Crippen LogP) is 2.33. The number of hydrogen-bond donors (Lipinski definition) is 2. The molecule has 0 aliphatic heterocycles. The lowest BCUT2D eigenvalue weighted by molar-refractivity contribution is 0.0264. The Kier molecular flexibility index (Phi) is 5.25. The minimum absolute atomic E-state index is 0.480. The minimum Gasteiger partial charge on any atom is -0.496 e. The molecule has 0 aliphatic rings. The van der Waals surface area contributed by atoms with Crippen LogP contribution < -0.4 is 4.74 Å². The molecule has 4 heteroatoms. The van der Waals surface area contributed by atoms with Gasteiger partial charge in [0.05, 0.1) is 19.3 Å². The fourth-order valence-corrected chi connectivity index (χ4v) is 1.81. The van der Waals surface area contributed by atoms with E-state index in [9.17, 15) is 10.2 Å². The Balaban J connectivity index is 2.79. The molecule has 96 valence electrons. The lowest BCUT2D eigenvalue weighted by Crippen LogP contribution is -2.22. The highest BCUT2D eigenvalue weighted by molar-refractivity contribution is 6.31. The third-order valence-corrected chi connectivity index (χ3v) is 3.24. The molecule has 0 amide bonds. The van der Waals surface area contributed by atoms with Gasteiger partial charge in [0.1, 0.15) is 5.75 Å². The second-order valence-electron chi connectivity index (χ2n) is 4.26. The van der Waals surface area contributed by atoms with Crippen LogP contribution in [0.3, 0.4) is 0 Å². The summed E-state index contributed by atoms with van der Waals surface area (Å²) in [6.45, 7) is 3.49. The first-order valence-corrected chi connectivity index (χ1v) is 6.02. The largest absolute Gasteiger partial charge is 0.496 e. The SMILES string of the molecule is COc1cc(C)c(Cl)cc1CCC(O)C(C)O. The van der Waals surface area contributed by atoms with Crippen LogP contribution in [0.4, 0.5) is 0 Å². The molecule has 0 aliphatic carbocycles. The number of halogens is 1. The van der Waals surface area contributed by atoms with Gasteiger partial charge < -0.3 is 14.9 Å². The maximum atomic E-state index is 9.55. The molecule has 2 N–H and O–H groups in total. The highest BCUT2D eigenvalue weighted by Crippen LogP contribution is 2.27. The fourth-order valence-electron chi connectivity index (χ4n) is 1.63. The summed E-state index contributed by atoms with van der Waals surface area (Å²) in [5.74, 6) is 0.768. The maximum Gasteiger partial charge on any atom is 0.122 e. The second kappa shape index (κ2) is 6.24. The summed E-state index contributed by atoms with van der Waals surface area (Å²) in [7, 11) is 1.61. The number of methoxy groups -OCH3 is 1. The van der Waals surface area contributed by atoms with Gasteiger partial charge in [0, 0.05) is 5.02 Å². The summed E-state index contributed by atoms with van der Waals surface area (Å²) >= 11 is 6.05. The minimum atomic E-state index is -0.722. The highest BCUT2D eigenvalue weighted by atomic mass is 35.5. The van der Waals surface area contributed by atoms with Crippen molar-refractivity contribution in [2.45, 2.75) is 38.9 Å². The van der Waals surface area contributed by atoms with E-state index in [0.717, 1.165) is 16.9 Å². The Morgan fingerprint density at radius 1 is 1.35 bits per heavy atom. The zero-order valence-corrected chi connectivity index (χ0v) is 11.2. The zero-order chi connectivity index (χ0) is 13.0. The van der Waals surface area contributed by atoms with Gasteiger partial charge in [0.15, 0.2) is 0 Å². The van der Waals surface area contributed by atoms with E-state index in [1.807, 2.05) is 19.1 Å². The number of aliphatic hydroxyl groups excluding tert-OH is 2. The second-order valence-corrected chi connectivity index (χ2v) is 4.67. The van der Waals surface area contributed by atoms with Gasteiger partial charge in [-0.3, -0.25) is 0 Å². The summed E-state index contributed by atoms with van der Waals surface area (Å²) < 4.78 is 5.27. The lowest BCUT2D eigenvalue weighted by Gasteiger charge is -2.15. The first kappa shape index (κ1) is 14.3. The van der Waals surface area contributed by atoms with Crippen molar-refractivity contribution in [1.29, 1.82) is 0 Å². The monoisotopic (exact) mass is 258 g/mol.